The summed E-state index contributed by atoms with van der Waals surface area (Å²) in [4.78, 5) is 14.2. The Hall–Kier alpha value is -2.07. The molecule has 0 aliphatic heterocycles. The number of rotatable bonds is 14. The predicted molar refractivity (Wildman–Crippen MR) is 98.6 cm³/mol. The van der Waals surface area contributed by atoms with Crippen molar-refractivity contribution in [1.82, 2.24) is 0 Å². The molecule has 0 amide bonds. The fourth-order valence-corrected chi connectivity index (χ4v) is 2.00. The van der Waals surface area contributed by atoms with Crippen LogP contribution < -0.4 is 0 Å². The highest BCUT2D eigenvalue weighted by Gasteiger charge is 2.05. The van der Waals surface area contributed by atoms with E-state index < -0.39 is 11.7 Å². The Kier molecular flexibility index (Phi) is 15.8. The maximum Gasteiger partial charge on any atom is 0.375 e. The van der Waals surface area contributed by atoms with Gasteiger partial charge in [0, 0.05) is 0 Å². The molecule has 0 rings (SSSR count). The van der Waals surface area contributed by atoms with Gasteiger partial charge in [0.2, 0.25) is 5.76 Å². The highest BCUT2D eigenvalue weighted by atomic mass is 17.1. The van der Waals surface area contributed by atoms with E-state index in [-0.39, 0.29) is 0 Å². The van der Waals surface area contributed by atoms with Gasteiger partial charge in [0.15, 0.2) is 0 Å². The molecule has 0 heterocycles. The van der Waals surface area contributed by atoms with Crippen molar-refractivity contribution in [2.75, 3.05) is 0 Å². The summed E-state index contributed by atoms with van der Waals surface area (Å²) in [7, 11) is 0. The summed E-state index contributed by atoms with van der Waals surface area (Å²) in [6.45, 7) is 2.24. The monoisotopic (exact) mass is 334 g/mol. The maximum absolute atomic E-state index is 10.5. The second-order valence-corrected chi connectivity index (χ2v) is 5.42. The smallest absolute Gasteiger partial charge is 0.375 e. The Morgan fingerprint density at radius 3 is 1.96 bits per heavy atom. The summed E-state index contributed by atoms with van der Waals surface area (Å²) < 4.78 is 0. The summed E-state index contributed by atoms with van der Waals surface area (Å²) in [6, 6.07) is 0. The van der Waals surface area contributed by atoms with Crippen LogP contribution in [0.1, 0.15) is 58.3 Å². The molecule has 0 aromatic carbocycles. The summed E-state index contributed by atoms with van der Waals surface area (Å²) in [5, 5.41) is 16.9. The van der Waals surface area contributed by atoms with E-state index in [1.807, 2.05) is 24.3 Å². The molecule has 134 valence electrons. The molecular formula is C20H30O4. The fourth-order valence-electron chi connectivity index (χ4n) is 2.00. The van der Waals surface area contributed by atoms with Crippen LogP contribution in [0.5, 0.6) is 0 Å². The number of hydrogen-bond acceptors (Lipinski definition) is 3. The lowest BCUT2D eigenvalue weighted by Crippen LogP contribution is -2.01. The van der Waals surface area contributed by atoms with E-state index in [0.29, 0.717) is 0 Å². The molecular weight excluding hydrogens is 304 g/mol. The van der Waals surface area contributed by atoms with E-state index in [4.69, 9.17) is 10.4 Å². The highest BCUT2D eigenvalue weighted by Crippen LogP contribution is 2.08. The first kappa shape index (κ1) is 21.9. The van der Waals surface area contributed by atoms with Gasteiger partial charge in [-0.3, -0.25) is 0 Å². The predicted octanol–water partition coefficient (Wildman–Crippen LogP) is 5.81. The van der Waals surface area contributed by atoms with Crippen LogP contribution in [0, 0.1) is 0 Å². The first-order valence-electron chi connectivity index (χ1n) is 8.64. The average molecular weight is 334 g/mol. The molecule has 0 unspecified atom stereocenters. The van der Waals surface area contributed by atoms with Crippen LogP contribution in [0.25, 0.3) is 0 Å². The van der Waals surface area contributed by atoms with Gasteiger partial charge in [-0.15, -0.1) is 0 Å². The van der Waals surface area contributed by atoms with Gasteiger partial charge in [0.1, 0.15) is 0 Å². The van der Waals surface area contributed by atoms with Crippen molar-refractivity contribution in [1.29, 1.82) is 0 Å². The van der Waals surface area contributed by atoms with E-state index in [1.165, 1.54) is 57.1 Å². The number of carbonyl (C=O) groups is 1. The van der Waals surface area contributed by atoms with Gasteiger partial charge >= 0.3 is 5.97 Å². The molecule has 4 heteroatoms. The van der Waals surface area contributed by atoms with Crippen LogP contribution in [0.2, 0.25) is 0 Å². The normalized spacial score (nSPS) is 13.0. The fraction of sp³-hybridized carbons (Fsp3) is 0.450. The zero-order valence-electron chi connectivity index (χ0n) is 14.6. The molecule has 0 bridgehead atoms. The molecule has 4 nitrogen and oxygen atoms in total. The standard InChI is InChI=1S/C20H30O4/c1-2-3-4-5-6-7-8-9-10-11-12-13-14-15-16-17-18-19(24-23)20(21)22/h10-18,23H,2-9H2,1H3,(H,21,22). The van der Waals surface area contributed by atoms with Gasteiger partial charge < -0.3 is 9.99 Å². The van der Waals surface area contributed by atoms with Crippen LogP contribution >= 0.6 is 0 Å². The highest BCUT2D eigenvalue weighted by molar-refractivity contribution is 5.84. The topological polar surface area (TPSA) is 66.8 Å². The molecule has 0 fully saturated rings. The zero-order valence-corrected chi connectivity index (χ0v) is 14.6. The largest absolute Gasteiger partial charge is 0.475 e. The van der Waals surface area contributed by atoms with Gasteiger partial charge in [-0.05, 0) is 18.9 Å². The van der Waals surface area contributed by atoms with E-state index >= 15 is 0 Å². The van der Waals surface area contributed by atoms with Gasteiger partial charge in [-0.1, -0.05) is 94.1 Å². The lowest BCUT2D eigenvalue weighted by Gasteiger charge is -1.98. The van der Waals surface area contributed by atoms with Crippen molar-refractivity contribution in [3.63, 3.8) is 0 Å². The molecule has 24 heavy (non-hydrogen) atoms. The van der Waals surface area contributed by atoms with Gasteiger partial charge in [-0.2, -0.15) is 0 Å². The average Bonchev–Trinajstić information content (AvgIpc) is 2.57. The minimum Gasteiger partial charge on any atom is -0.475 e. The number of aliphatic carboxylic acids is 1. The van der Waals surface area contributed by atoms with Gasteiger partial charge in [-0.25, -0.2) is 10.1 Å². The zero-order chi connectivity index (χ0) is 17.9. The van der Waals surface area contributed by atoms with Crippen molar-refractivity contribution < 1.29 is 20.0 Å². The Morgan fingerprint density at radius 2 is 1.38 bits per heavy atom. The molecule has 0 saturated heterocycles. The van der Waals surface area contributed by atoms with Crippen molar-refractivity contribution in [3.8, 4) is 0 Å². The Balaban J connectivity index is 3.71. The Labute approximate surface area is 145 Å². The molecule has 0 aromatic rings. The molecule has 0 spiro atoms. The Bertz CT molecular complexity index is 456. The third-order valence-electron chi connectivity index (χ3n) is 3.33. The third kappa shape index (κ3) is 14.9. The molecule has 0 radical (unpaired) electrons. The maximum atomic E-state index is 10.5. The van der Waals surface area contributed by atoms with Crippen molar-refractivity contribution in [2.24, 2.45) is 0 Å². The number of hydrogen-bond donors (Lipinski definition) is 2. The van der Waals surface area contributed by atoms with Crippen LogP contribution in [0.4, 0.5) is 0 Å². The van der Waals surface area contributed by atoms with E-state index in [9.17, 15) is 4.79 Å². The molecule has 0 aliphatic carbocycles. The molecule has 0 aliphatic rings. The first-order valence-corrected chi connectivity index (χ1v) is 8.64. The summed E-state index contributed by atoms with van der Waals surface area (Å²) in [5.41, 5.74) is 0. The van der Waals surface area contributed by atoms with Crippen molar-refractivity contribution in [3.05, 3.63) is 60.4 Å². The summed E-state index contributed by atoms with van der Waals surface area (Å²) in [5.74, 6) is -1.85. The van der Waals surface area contributed by atoms with E-state index in [2.05, 4.69) is 17.9 Å². The molecule has 0 aromatic heterocycles. The van der Waals surface area contributed by atoms with Crippen molar-refractivity contribution in [2.45, 2.75) is 58.3 Å². The van der Waals surface area contributed by atoms with E-state index in [1.54, 1.807) is 12.2 Å². The molecule has 0 saturated carbocycles. The number of carboxylic acids is 1. The van der Waals surface area contributed by atoms with Crippen LogP contribution in [-0.2, 0) is 9.68 Å². The molecule has 2 N–H and O–H groups in total. The number of carboxylic acid groups (broad SMARTS) is 1. The SMILES string of the molecule is CCCCCCCCCC=CC=CC=CC=CC=C(OO)C(=O)O. The van der Waals surface area contributed by atoms with Crippen LogP contribution in [0.15, 0.2) is 60.4 Å². The third-order valence-corrected chi connectivity index (χ3v) is 3.33. The van der Waals surface area contributed by atoms with Crippen LogP contribution in [0.3, 0.4) is 0 Å². The lowest BCUT2D eigenvalue weighted by atomic mass is 10.1. The van der Waals surface area contributed by atoms with E-state index in [0.717, 1.165) is 6.42 Å². The second-order valence-electron chi connectivity index (χ2n) is 5.42. The first-order chi connectivity index (χ1) is 11.7. The quantitative estimate of drug-likeness (QED) is 0.105. The summed E-state index contributed by atoms with van der Waals surface area (Å²) in [6.07, 6.45) is 26.4. The van der Waals surface area contributed by atoms with Crippen molar-refractivity contribution >= 4 is 5.97 Å². The van der Waals surface area contributed by atoms with Crippen LogP contribution in [-0.4, -0.2) is 16.3 Å². The lowest BCUT2D eigenvalue weighted by molar-refractivity contribution is -0.210. The Morgan fingerprint density at radius 1 is 0.833 bits per heavy atom. The van der Waals surface area contributed by atoms with Gasteiger partial charge in [0.25, 0.3) is 0 Å². The molecule has 0 atom stereocenters. The minimum atomic E-state index is -1.32. The number of unbranched alkanes of at least 4 members (excludes halogenated alkanes) is 7. The summed E-state index contributed by atoms with van der Waals surface area (Å²) >= 11 is 0. The van der Waals surface area contributed by atoms with Gasteiger partial charge in [0.05, 0.1) is 0 Å². The number of allylic oxidation sites excluding steroid dienone is 9. The minimum absolute atomic E-state index is 0.525. The second kappa shape index (κ2) is 17.3.